The fourth-order valence-corrected chi connectivity index (χ4v) is 4.96. The van der Waals surface area contributed by atoms with Crippen molar-refractivity contribution in [1.29, 1.82) is 0 Å². The molecule has 0 radical (unpaired) electrons. The molecular weight excluding hydrogens is 408 g/mol. The van der Waals surface area contributed by atoms with E-state index in [0.717, 1.165) is 5.75 Å². The van der Waals surface area contributed by atoms with Crippen LogP contribution in [0.2, 0.25) is 0 Å². The second-order valence-electron chi connectivity index (χ2n) is 6.24. The van der Waals surface area contributed by atoms with Crippen LogP contribution in [0, 0.1) is 10.2 Å². The first-order valence-corrected chi connectivity index (χ1v) is 11.5. The number of allylic oxidation sites excluding steroid dienone is 2. The Balaban J connectivity index is 0.000000431. The van der Waals surface area contributed by atoms with Gasteiger partial charge in [-0.3, -0.25) is 0 Å². The van der Waals surface area contributed by atoms with E-state index in [9.17, 15) is 0 Å². The van der Waals surface area contributed by atoms with Crippen molar-refractivity contribution < 1.29 is 28.9 Å². The lowest BCUT2D eigenvalue weighted by atomic mass is 10.0. The van der Waals surface area contributed by atoms with Crippen molar-refractivity contribution in [2.75, 3.05) is 5.75 Å². The summed E-state index contributed by atoms with van der Waals surface area (Å²) in [5.41, 5.74) is 5.36. The molecule has 0 N–H and O–H groups in total. The summed E-state index contributed by atoms with van der Waals surface area (Å²) in [7, 11) is -4.84. The van der Waals surface area contributed by atoms with Gasteiger partial charge in [0.15, 0.2) is 4.90 Å². The molecule has 0 aliphatic carbocycles. The van der Waals surface area contributed by atoms with Crippen LogP contribution >= 0.6 is 0 Å². The van der Waals surface area contributed by atoms with Gasteiger partial charge in [-0.1, -0.05) is 78.9 Å². The second kappa shape index (κ2) is 9.89. The van der Waals surface area contributed by atoms with Gasteiger partial charge < -0.3 is 0 Å². The summed E-state index contributed by atoms with van der Waals surface area (Å²) in [6.07, 6.45) is 2.36. The van der Waals surface area contributed by atoms with Crippen molar-refractivity contribution in [3.63, 3.8) is 0 Å². The highest BCUT2D eigenvalue weighted by atomic mass is 35.7. The van der Waals surface area contributed by atoms with Crippen LogP contribution < -0.4 is 18.6 Å². The lowest BCUT2D eigenvalue weighted by Gasteiger charge is -2.17. The number of hydrogen-bond donors (Lipinski definition) is 0. The molecule has 6 heteroatoms. The van der Waals surface area contributed by atoms with Gasteiger partial charge in [-0.05, 0) is 29.3 Å². The minimum atomic E-state index is -4.94. The van der Waals surface area contributed by atoms with Crippen molar-refractivity contribution in [1.82, 2.24) is 0 Å². The Kier molecular flexibility index (Phi) is 7.28. The first-order valence-electron chi connectivity index (χ1n) is 8.80. The Morgan fingerprint density at radius 1 is 0.621 bits per heavy atom. The number of rotatable bonds is 3. The third-order valence-electron chi connectivity index (χ3n) is 4.21. The standard InChI is InChI=1S/C23H19S.ClHO4/c1-4-10-19(11-5-1)21-16-22(20-12-6-2-7-13-20)18-24(17-21)23-14-8-3-9-15-23;2-1(3,4)5/h1-17H,18H2;(H,2,3,4,5)/q+1;/p-1. The van der Waals surface area contributed by atoms with Gasteiger partial charge in [0.2, 0.25) is 0 Å². The molecule has 1 unspecified atom stereocenters. The van der Waals surface area contributed by atoms with Crippen LogP contribution in [-0.4, -0.2) is 5.75 Å². The van der Waals surface area contributed by atoms with Crippen LogP contribution in [0.4, 0.5) is 0 Å². The van der Waals surface area contributed by atoms with E-state index in [2.05, 4.69) is 102 Å². The molecule has 1 atom stereocenters. The highest BCUT2D eigenvalue weighted by molar-refractivity contribution is 8.00. The molecule has 4 rings (SSSR count). The topological polar surface area (TPSA) is 92.2 Å². The average molecular weight is 427 g/mol. The SMILES string of the molecule is C1=C(c2ccccc2)C=C(c2ccccc2)C[S+]1c1ccccc1.[O-][Cl+3]([O-])([O-])[O-]. The van der Waals surface area contributed by atoms with Crippen LogP contribution in [0.3, 0.4) is 0 Å². The van der Waals surface area contributed by atoms with E-state index >= 15 is 0 Å². The summed E-state index contributed by atoms with van der Waals surface area (Å²) in [5, 5.41) is 2.44. The van der Waals surface area contributed by atoms with Crippen LogP contribution in [0.15, 0.2) is 107 Å². The first kappa shape index (κ1) is 21.3. The van der Waals surface area contributed by atoms with Crippen LogP contribution in [0.1, 0.15) is 11.1 Å². The van der Waals surface area contributed by atoms with E-state index < -0.39 is 10.2 Å². The molecule has 0 spiro atoms. The molecule has 0 aromatic heterocycles. The van der Waals surface area contributed by atoms with Gasteiger partial charge in [0.05, 0.1) is 10.9 Å². The minimum Gasteiger partial charge on any atom is -0.222 e. The summed E-state index contributed by atoms with van der Waals surface area (Å²) in [4.78, 5) is 1.41. The van der Waals surface area contributed by atoms with Gasteiger partial charge >= 0.3 is 0 Å². The van der Waals surface area contributed by atoms with Gasteiger partial charge in [0.1, 0.15) is 11.2 Å². The summed E-state index contributed by atoms with van der Waals surface area (Å²) in [5.74, 6) is 1.07. The summed E-state index contributed by atoms with van der Waals surface area (Å²) < 4.78 is 34.0. The lowest BCUT2D eigenvalue weighted by Crippen LogP contribution is -2.68. The van der Waals surface area contributed by atoms with Gasteiger partial charge in [-0.15, -0.1) is 10.2 Å². The Hall–Kier alpha value is -2.38. The molecule has 3 aromatic carbocycles. The van der Waals surface area contributed by atoms with Gasteiger partial charge in [-0.25, -0.2) is 18.6 Å². The molecule has 0 amide bonds. The van der Waals surface area contributed by atoms with E-state index in [-0.39, 0.29) is 10.9 Å². The Bertz CT molecular complexity index is 962. The Morgan fingerprint density at radius 3 is 1.59 bits per heavy atom. The normalized spacial score (nSPS) is 16.2. The summed E-state index contributed by atoms with van der Waals surface area (Å²) >= 11 is 0. The van der Waals surface area contributed by atoms with Crippen molar-refractivity contribution in [2.24, 2.45) is 0 Å². The maximum absolute atomic E-state index is 8.49. The molecule has 1 aliphatic heterocycles. The molecule has 0 saturated heterocycles. The largest absolute Gasteiger partial charge is 0.222 e. The predicted molar refractivity (Wildman–Crippen MR) is 106 cm³/mol. The van der Waals surface area contributed by atoms with E-state index in [1.807, 2.05) is 0 Å². The fraction of sp³-hybridized carbons (Fsp3) is 0.0435. The zero-order valence-corrected chi connectivity index (χ0v) is 17.0. The number of benzene rings is 3. The predicted octanol–water partition coefficient (Wildman–Crippen LogP) is 1.05. The van der Waals surface area contributed by atoms with E-state index in [1.54, 1.807) is 0 Å². The van der Waals surface area contributed by atoms with Crippen molar-refractivity contribution in [3.8, 4) is 0 Å². The zero-order chi connectivity index (χ0) is 20.7. The molecule has 29 heavy (non-hydrogen) atoms. The monoisotopic (exact) mass is 426 g/mol. The molecular formula is C23H19ClO4S. The van der Waals surface area contributed by atoms with Crippen molar-refractivity contribution in [3.05, 3.63) is 114 Å². The maximum Gasteiger partial charge on any atom is 0.160 e. The maximum atomic E-state index is 8.49. The van der Waals surface area contributed by atoms with Crippen LogP contribution in [0.5, 0.6) is 0 Å². The third kappa shape index (κ3) is 6.87. The van der Waals surface area contributed by atoms with Gasteiger partial charge in [0, 0.05) is 11.1 Å². The Morgan fingerprint density at radius 2 is 1.07 bits per heavy atom. The fourth-order valence-electron chi connectivity index (χ4n) is 2.97. The van der Waals surface area contributed by atoms with Gasteiger partial charge in [-0.2, -0.15) is 0 Å². The number of hydrogen-bond acceptors (Lipinski definition) is 4. The molecule has 1 heterocycles. The van der Waals surface area contributed by atoms with Crippen LogP contribution in [0.25, 0.3) is 11.1 Å². The van der Waals surface area contributed by atoms with E-state index in [1.165, 1.54) is 27.2 Å². The van der Waals surface area contributed by atoms with Crippen molar-refractivity contribution in [2.45, 2.75) is 4.90 Å². The Labute approximate surface area is 175 Å². The third-order valence-corrected chi connectivity index (χ3v) is 6.25. The zero-order valence-electron chi connectivity index (χ0n) is 15.4. The van der Waals surface area contributed by atoms with E-state index in [4.69, 9.17) is 18.6 Å². The van der Waals surface area contributed by atoms with E-state index in [0.29, 0.717) is 0 Å². The quantitative estimate of drug-likeness (QED) is 0.585. The second-order valence-corrected chi connectivity index (χ2v) is 8.85. The molecule has 148 valence electrons. The highest BCUT2D eigenvalue weighted by Gasteiger charge is 2.27. The molecule has 3 aromatic rings. The van der Waals surface area contributed by atoms with Crippen molar-refractivity contribution >= 4 is 22.0 Å². The average Bonchev–Trinajstić information content (AvgIpc) is 2.74. The highest BCUT2D eigenvalue weighted by Crippen LogP contribution is 2.33. The molecule has 1 aliphatic rings. The minimum absolute atomic E-state index is 0.101. The molecule has 0 fully saturated rings. The summed E-state index contributed by atoms with van der Waals surface area (Å²) in [6.45, 7) is 0. The summed E-state index contributed by atoms with van der Waals surface area (Å²) in [6, 6.07) is 32.3. The first-order chi connectivity index (χ1) is 13.9. The molecule has 0 saturated carbocycles. The lowest BCUT2D eigenvalue weighted by molar-refractivity contribution is -2.00. The van der Waals surface area contributed by atoms with Gasteiger partial charge in [0.25, 0.3) is 0 Å². The smallest absolute Gasteiger partial charge is 0.160 e. The van der Waals surface area contributed by atoms with Crippen LogP contribution in [-0.2, 0) is 10.9 Å². The number of halogens is 1. The molecule has 4 nitrogen and oxygen atoms in total. The molecule has 0 bridgehead atoms.